The van der Waals surface area contributed by atoms with Gasteiger partial charge in [-0.1, -0.05) is 45.7 Å². The average molecular weight is 271 g/mol. The molecule has 0 heterocycles. The van der Waals surface area contributed by atoms with E-state index in [9.17, 15) is 0 Å². The number of hydrogen-bond donors (Lipinski definition) is 0. The Bertz CT molecular complexity index is 379. The van der Waals surface area contributed by atoms with Gasteiger partial charge in [0, 0.05) is 10.4 Å². The Balaban J connectivity index is 2.85. The van der Waals surface area contributed by atoms with E-state index in [1.807, 2.05) is 24.3 Å². The van der Waals surface area contributed by atoms with Crippen molar-refractivity contribution in [3.63, 3.8) is 0 Å². The summed E-state index contributed by atoms with van der Waals surface area (Å²) in [6.07, 6.45) is 4.98. The van der Waals surface area contributed by atoms with Crippen LogP contribution in [-0.4, -0.2) is 5.33 Å². The van der Waals surface area contributed by atoms with Crippen molar-refractivity contribution in [1.82, 2.24) is 0 Å². The molecule has 0 radical (unpaired) electrons. The van der Waals surface area contributed by atoms with E-state index in [-0.39, 0.29) is 0 Å². The molecule has 0 saturated carbocycles. The zero-order valence-corrected chi connectivity index (χ0v) is 9.85. The van der Waals surface area contributed by atoms with Crippen molar-refractivity contribution in [3.8, 4) is 6.07 Å². The minimum absolute atomic E-state index is 0.590. The van der Waals surface area contributed by atoms with E-state index in [4.69, 9.17) is 16.9 Å². The van der Waals surface area contributed by atoms with Crippen molar-refractivity contribution < 1.29 is 0 Å². The molecule has 0 bridgehead atoms. The first kappa shape index (κ1) is 11.3. The smallest absolute Gasteiger partial charge is 0.0992 e. The van der Waals surface area contributed by atoms with Crippen LogP contribution >= 0.6 is 27.5 Å². The lowest BCUT2D eigenvalue weighted by atomic mass is 10.1. The Kier molecular flexibility index (Phi) is 4.72. The van der Waals surface area contributed by atoms with Crippen molar-refractivity contribution in [1.29, 1.82) is 5.26 Å². The third-order valence-electron chi connectivity index (χ3n) is 1.70. The molecule has 1 aromatic rings. The Morgan fingerprint density at radius 2 is 2.29 bits per heavy atom. The highest BCUT2D eigenvalue weighted by Gasteiger charge is 1.97. The summed E-state index contributed by atoms with van der Waals surface area (Å²) in [6.45, 7) is 0. The van der Waals surface area contributed by atoms with Gasteiger partial charge in [-0.25, -0.2) is 0 Å². The van der Waals surface area contributed by atoms with Crippen molar-refractivity contribution in [2.75, 3.05) is 5.33 Å². The third kappa shape index (κ3) is 3.17. The highest BCUT2D eigenvalue weighted by Crippen LogP contribution is 2.19. The van der Waals surface area contributed by atoms with Crippen LogP contribution in [0.2, 0.25) is 5.02 Å². The van der Waals surface area contributed by atoms with E-state index in [0.29, 0.717) is 10.6 Å². The molecule has 0 saturated heterocycles. The van der Waals surface area contributed by atoms with Gasteiger partial charge in [-0.2, -0.15) is 5.26 Å². The summed E-state index contributed by atoms with van der Waals surface area (Å²) in [4.78, 5) is 0. The monoisotopic (exact) mass is 269 g/mol. The number of nitriles is 1. The fourth-order valence-corrected chi connectivity index (χ4v) is 1.51. The van der Waals surface area contributed by atoms with Crippen molar-refractivity contribution in [2.24, 2.45) is 0 Å². The van der Waals surface area contributed by atoms with Crippen LogP contribution in [0.3, 0.4) is 0 Å². The Morgan fingerprint density at radius 1 is 1.50 bits per heavy atom. The first-order valence-corrected chi connectivity index (χ1v) is 5.70. The van der Waals surface area contributed by atoms with Gasteiger partial charge in [0.05, 0.1) is 11.6 Å². The number of benzene rings is 1. The van der Waals surface area contributed by atoms with Crippen molar-refractivity contribution in [3.05, 3.63) is 40.4 Å². The normalized spacial score (nSPS) is 10.4. The summed E-state index contributed by atoms with van der Waals surface area (Å²) < 4.78 is 0. The first-order chi connectivity index (χ1) is 6.77. The van der Waals surface area contributed by atoms with Gasteiger partial charge in [-0.05, 0) is 24.1 Å². The van der Waals surface area contributed by atoms with Gasteiger partial charge in [-0.3, -0.25) is 0 Å². The maximum Gasteiger partial charge on any atom is 0.0992 e. The first-order valence-electron chi connectivity index (χ1n) is 4.20. The molecule has 0 N–H and O–H groups in total. The molecule has 0 aliphatic carbocycles. The standard InChI is InChI=1S/C11H9BrClN/c12-6-2-1-3-10-5-4-9(8-14)7-11(10)13/h1,3-5,7H,2,6H2. The highest BCUT2D eigenvalue weighted by atomic mass is 79.9. The second-order valence-corrected chi connectivity index (χ2v) is 3.93. The van der Waals surface area contributed by atoms with Crippen LogP contribution in [0.4, 0.5) is 0 Å². The summed E-state index contributed by atoms with van der Waals surface area (Å²) in [5.41, 5.74) is 1.54. The van der Waals surface area contributed by atoms with Crippen LogP contribution in [-0.2, 0) is 0 Å². The van der Waals surface area contributed by atoms with Crippen molar-refractivity contribution >= 4 is 33.6 Å². The molecule has 0 aliphatic rings. The van der Waals surface area contributed by atoms with E-state index in [1.54, 1.807) is 12.1 Å². The fraction of sp³-hybridized carbons (Fsp3) is 0.182. The van der Waals surface area contributed by atoms with Crippen molar-refractivity contribution in [2.45, 2.75) is 6.42 Å². The number of rotatable bonds is 3. The summed E-state index contributed by atoms with van der Waals surface area (Å²) in [7, 11) is 0. The quantitative estimate of drug-likeness (QED) is 0.761. The number of nitrogens with zero attached hydrogens (tertiary/aromatic N) is 1. The third-order valence-corrected chi connectivity index (χ3v) is 2.49. The number of hydrogen-bond acceptors (Lipinski definition) is 1. The van der Waals surface area contributed by atoms with Crippen LogP contribution in [0, 0.1) is 11.3 Å². The molecule has 72 valence electrons. The van der Waals surface area contributed by atoms with E-state index < -0.39 is 0 Å². The number of alkyl halides is 1. The predicted octanol–water partition coefficient (Wildman–Crippen LogP) is 4.01. The molecule has 1 aromatic carbocycles. The van der Waals surface area contributed by atoms with Gasteiger partial charge in [0.25, 0.3) is 0 Å². The molecule has 1 nitrogen and oxygen atoms in total. The minimum Gasteiger partial charge on any atom is -0.192 e. The van der Waals surface area contributed by atoms with Crippen LogP contribution < -0.4 is 0 Å². The molecular formula is C11H9BrClN. The maximum absolute atomic E-state index is 8.63. The second-order valence-electron chi connectivity index (χ2n) is 2.73. The topological polar surface area (TPSA) is 23.8 Å². The zero-order chi connectivity index (χ0) is 10.4. The summed E-state index contributed by atoms with van der Waals surface area (Å²) in [6, 6.07) is 7.34. The molecule has 0 fully saturated rings. The molecule has 3 heteroatoms. The lowest BCUT2D eigenvalue weighted by molar-refractivity contribution is 1.27. The minimum atomic E-state index is 0.590. The molecule has 0 aliphatic heterocycles. The predicted molar refractivity (Wildman–Crippen MR) is 63.6 cm³/mol. The van der Waals surface area contributed by atoms with Crippen LogP contribution in [0.25, 0.3) is 6.08 Å². The highest BCUT2D eigenvalue weighted by molar-refractivity contribution is 9.09. The van der Waals surface area contributed by atoms with E-state index in [1.165, 1.54) is 0 Å². The number of allylic oxidation sites excluding steroid dienone is 1. The molecular weight excluding hydrogens is 261 g/mol. The van der Waals surface area contributed by atoms with Crippen LogP contribution in [0.15, 0.2) is 24.3 Å². The van der Waals surface area contributed by atoms with Crippen LogP contribution in [0.1, 0.15) is 17.5 Å². The maximum atomic E-state index is 8.63. The molecule has 0 spiro atoms. The molecule has 14 heavy (non-hydrogen) atoms. The van der Waals surface area contributed by atoms with E-state index in [0.717, 1.165) is 17.3 Å². The summed E-state index contributed by atoms with van der Waals surface area (Å²) in [5.74, 6) is 0. The van der Waals surface area contributed by atoms with Gasteiger partial charge in [0.2, 0.25) is 0 Å². The van der Waals surface area contributed by atoms with Gasteiger partial charge in [0.15, 0.2) is 0 Å². The Morgan fingerprint density at radius 3 is 2.86 bits per heavy atom. The lowest BCUT2D eigenvalue weighted by Crippen LogP contribution is -1.78. The van der Waals surface area contributed by atoms with Crippen LogP contribution in [0.5, 0.6) is 0 Å². The SMILES string of the molecule is N#Cc1ccc(C=CCCBr)c(Cl)c1. The van der Waals surface area contributed by atoms with Gasteiger partial charge in [-0.15, -0.1) is 0 Å². The lowest BCUT2D eigenvalue weighted by Gasteiger charge is -1.97. The largest absolute Gasteiger partial charge is 0.192 e. The molecule has 0 amide bonds. The Hall–Kier alpha value is -0.780. The average Bonchev–Trinajstić information content (AvgIpc) is 2.20. The number of halogens is 2. The molecule has 0 aromatic heterocycles. The van der Waals surface area contributed by atoms with E-state index >= 15 is 0 Å². The molecule has 0 unspecified atom stereocenters. The van der Waals surface area contributed by atoms with E-state index in [2.05, 4.69) is 15.9 Å². The summed E-state index contributed by atoms with van der Waals surface area (Å²) >= 11 is 9.31. The van der Waals surface area contributed by atoms with Gasteiger partial charge >= 0.3 is 0 Å². The molecule has 0 atom stereocenters. The fourth-order valence-electron chi connectivity index (χ4n) is 1.01. The van der Waals surface area contributed by atoms with Gasteiger partial charge < -0.3 is 0 Å². The van der Waals surface area contributed by atoms with Gasteiger partial charge in [0.1, 0.15) is 0 Å². The zero-order valence-electron chi connectivity index (χ0n) is 7.50. The molecule has 1 rings (SSSR count). The summed E-state index contributed by atoms with van der Waals surface area (Å²) in [5, 5.41) is 10.2. The second kappa shape index (κ2) is 5.85. The Labute approximate surface area is 97.1 Å².